The number of methoxy groups -OCH3 is 1. The van der Waals surface area contributed by atoms with E-state index < -0.39 is 5.91 Å². The van der Waals surface area contributed by atoms with E-state index >= 15 is 0 Å². The van der Waals surface area contributed by atoms with Gasteiger partial charge in [-0.1, -0.05) is 12.1 Å². The number of hydrogen-bond donors (Lipinski definition) is 2. The largest absolute Gasteiger partial charge is 0.483 e. The number of benzene rings is 1. The normalized spacial score (nSPS) is 11.7. The Morgan fingerprint density at radius 2 is 2.05 bits per heavy atom. The lowest BCUT2D eigenvalue weighted by molar-refractivity contribution is -0.124. The maximum absolute atomic E-state index is 11.6. The lowest BCUT2D eigenvalue weighted by atomic mass is 10.2. The lowest BCUT2D eigenvalue weighted by Gasteiger charge is -2.14. The number of ether oxygens (including phenoxy) is 2. The molecule has 0 aromatic heterocycles. The molecule has 0 saturated carbocycles. The molecule has 19 heavy (non-hydrogen) atoms. The second-order valence-electron chi connectivity index (χ2n) is 4.07. The van der Waals surface area contributed by atoms with Gasteiger partial charge in [-0.2, -0.15) is 0 Å². The molecule has 0 saturated heterocycles. The molecular formula is C13H18N2O4. The van der Waals surface area contributed by atoms with Gasteiger partial charge in [0.1, 0.15) is 5.75 Å². The summed E-state index contributed by atoms with van der Waals surface area (Å²) in [6.45, 7) is 2.06. The molecule has 1 aromatic rings. The predicted molar refractivity (Wildman–Crippen MR) is 69.9 cm³/mol. The molecule has 0 unspecified atom stereocenters. The van der Waals surface area contributed by atoms with Crippen molar-refractivity contribution < 1.29 is 19.1 Å². The van der Waals surface area contributed by atoms with Gasteiger partial charge in [0.25, 0.3) is 11.8 Å². The highest BCUT2D eigenvalue weighted by Crippen LogP contribution is 2.16. The Bertz CT molecular complexity index is 448. The zero-order chi connectivity index (χ0) is 14.3. The van der Waals surface area contributed by atoms with Crippen molar-refractivity contribution in [3.63, 3.8) is 0 Å². The zero-order valence-corrected chi connectivity index (χ0v) is 11.0. The lowest BCUT2D eigenvalue weighted by Crippen LogP contribution is -2.38. The van der Waals surface area contributed by atoms with Gasteiger partial charge in [0.05, 0.1) is 12.2 Å². The van der Waals surface area contributed by atoms with Crippen molar-refractivity contribution in [1.82, 2.24) is 5.32 Å². The quantitative estimate of drug-likeness (QED) is 0.743. The highest BCUT2D eigenvalue weighted by molar-refractivity contribution is 5.95. The summed E-state index contributed by atoms with van der Waals surface area (Å²) in [6.07, 6.45) is 0. The van der Waals surface area contributed by atoms with E-state index in [-0.39, 0.29) is 24.1 Å². The fourth-order valence-corrected chi connectivity index (χ4v) is 1.55. The van der Waals surface area contributed by atoms with Gasteiger partial charge in [-0.3, -0.25) is 9.59 Å². The molecule has 1 rings (SSSR count). The Morgan fingerprint density at radius 3 is 2.68 bits per heavy atom. The predicted octanol–water partition coefficient (Wildman–Crippen LogP) is 0.315. The Kier molecular flexibility index (Phi) is 5.81. The molecule has 0 radical (unpaired) electrons. The van der Waals surface area contributed by atoms with Crippen LogP contribution in [0.25, 0.3) is 0 Å². The van der Waals surface area contributed by atoms with Crippen molar-refractivity contribution in [1.29, 1.82) is 0 Å². The minimum Gasteiger partial charge on any atom is -0.483 e. The van der Waals surface area contributed by atoms with E-state index in [1.807, 2.05) is 6.92 Å². The van der Waals surface area contributed by atoms with Gasteiger partial charge in [-0.15, -0.1) is 0 Å². The maximum Gasteiger partial charge on any atom is 0.258 e. The number of primary amides is 1. The molecule has 0 aliphatic heterocycles. The fourth-order valence-electron chi connectivity index (χ4n) is 1.55. The van der Waals surface area contributed by atoms with Gasteiger partial charge in [0, 0.05) is 13.2 Å². The topological polar surface area (TPSA) is 90.7 Å². The van der Waals surface area contributed by atoms with Crippen LogP contribution < -0.4 is 15.8 Å². The monoisotopic (exact) mass is 266 g/mol. The van der Waals surface area contributed by atoms with Crippen LogP contribution >= 0.6 is 0 Å². The first-order valence-corrected chi connectivity index (χ1v) is 5.84. The molecular weight excluding hydrogens is 248 g/mol. The SMILES string of the molecule is COC[C@H](C)NC(=O)COc1ccccc1C(N)=O. The van der Waals surface area contributed by atoms with E-state index in [0.717, 1.165) is 0 Å². The summed E-state index contributed by atoms with van der Waals surface area (Å²) in [4.78, 5) is 22.7. The molecule has 2 amide bonds. The molecule has 104 valence electrons. The number of carbonyl (C=O) groups excluding carboxylic acids is 2. The Hall–Kier alpha value is -2.08. The van der Waals surface area contributed by atoms with Crippen LogP contribution in [-0.4, -0.2) is 38.2 Å². The van der Waals surface area contributed by atoms with E-state index in [0.29, 0.717) is 12.4 Å². The third kappa shape index (κ3) is 4.97. The molecule has 1 aromatic carbocycles. The second-order valence-corrected chi connectivity index (χ2v) is 4.07. The first-order valence-electron chi connectivity index (χ1n) is 5.84. The van der Waals surface area contributed by atoms with Crippen molar-refractivity contribution in [3.8, 4) is 5.75 Å². The van der Waals surface area contributed by atoms with Gasteiger partial charge in [-0.25, -0.2) is 0 Å². The van der Waals surface area contributed by atoms with Crippen LogP contribution in [0.3, 0.4) is 0 Å². The van der Waals surface area contributed by atoms with E-state index in [9.17, 15) is 9.59 Å². The Morgan fingerprint density at radius 1 is 1.37 bits per heavy atom. The van der Waals surface area contributed by atoms with E-state index in [1.165, 1.54) is 0 Å². The molecule has 0 aliphatic rings. The average molecular weight is 266 g/mol. The summed E-state index contributed by atoms with van der Waals surface area (Å²) in [5.41, 5.74) is 5.46. The zero-order valence-electron chi connectivity index (χ0n) is 11.0. The molecule has 6 nitrogen and oxygen atoms in total. The summed E-state index contributed by atoms with van der Waals surface area (Å²) < 4.78 is 10.2. The number of amides is 2. The average Bonchev–Trinajstić information content (AvgIpc) is 2.36. The highest BCUT2D eigenvalue weighted by Gasteiger charge is 2.11. The van der Waals surface area contributed by atoms with E-state index in [4.69, 9.17) is 15.2 Å². The third-order valence-electron chi connectivity index (χ3n) is 2.34. The van der Waals surface area contributed by atoms with Crippen molar-refractivity contribution in [2.24, 2.45) is 5.73 Å². The van der Waals surface area contributed by atoms with Crippen molar-refractivity contribution in [2.45, 2.75) is 13.0 Å². The second kappa shape index (κ2) is 7.38. The molecule has 0 bridgehead atoms. The first kappa shape index (κ1) is 15.0. The van der Waals surface area contributed by atoms with Crippen LogP contribution in [0.4, 0.5) is 0 Å². The van der Waals surface area contributed by atoms with Crippen LogP contribution in [-0.2, 0) is 9.53 Å². The number of carbonyl (C=O) groups is 2. The smallest absolute Gasteiger partial charge is 0.258 e. The van der Waals surface area contributed by atoms with Gasteiger partial charge in [0.15, 0.2) is 6.61 Å². The minimum atomic E-state index is -0.594. The van der Waals surface area contributed by atoms with Crippen molar-refractivity contribution >= 4 is 11.8 Å². The molecule has 3 N–H and O–H groups in total. The summed E-state index contributed by atoms with van der Waals surface area (Å²) in [7, 11) is 1.56. The number of hydrogen-bond acceptors (Lipinski definition) is 4. The number of para-hydroxylation sites is 1. The summed E-state index contributed by atoms with van der Waals surface area (Å²) in [6, 6.07) is 6.41. The van der Waals surface area contributed by atoms with Crippen molar-refractivity contribution in [3.05, 3.63) is 29.8 Å². The molecule has 0 fully saturated rings. The maximum atomic E-state index is 11.6. The Balaban J connectivity index is 2.53. The molecule has 0 aliphatic carbocycles. The third-order valence-corrected chi connectivity index (χ3v) is 2.34. The van der Waals surface area contributed by atoms with Gasteiger partial charge >= 0.3 is 0 Å². The van der Waals surface area contributed by atoms with Crippen LogP contribution in [0, 0.1) is 0 Å². The summed E-state index contributed by atoms with van der Waals surface area (Å²) >= 11 is 0. The van der Waals surface area contributed by atoms with Crippen LogP contribution in [0.5, 0.6) is 5.75 Å². The van der Waals surface area contributed by atoms with E-state index in [2.05, 4.69) is 5.32 Å². The molecule has 1 atom stereocenters. The molecule has 6 heteroatoms. The molecule has 0 heterocycles. The first-order chi connectivity index (χ1) is 9.04. The number of nitrogens with one attached hydrogen (secondary N) is 1. The van der Waals surface area contributed by atoms with Crippen LogP contribution in [0.1, 0.15) is 17.3 Å². The Labute approximate surface area is 111 Å². The van der Waals surface area contributed by atoms with Gasteiger partial charge in [0.2, 0.25) is 0 Å². The number of nitrogens with two attached hydrogens (primary N) is 1. The summed E-state index contributed by atoms with van der Waals surface area (Å²) in [5.74, 6) is -0.586. The molecule has 0 spiro atoms. The standard InChI is InChI=1S/C13H18N2O4/c1-9(7-18-2)15-12(16)8-19-11-6-4-3-5-10(11)13(14)17/h3-6,9H,7-8H2,1-2H3,(H2,14,17)(H,15,16)/t9-/m0/s1. The highest BCUT2D eigenvalue weighted by atomic mass is 16.5. The van der Waals surface area contributed by atoms with Crippen LogP contribution in [0.15, 0.2) is 24.3 Å². The summed E-state index contributed by atoms with van der Waals surface area (Å²) in [5, 5.41) is 2.69. The van der Waals surface area contributed by atoms with E-state index in [1.54, 1.807) is 31.4 Å². The number of rotatable bonds is 7. The van der Waals surface area contributed by atoms with Crippen molar-refractivity contribution in [2.75, 3.05) is 20.3 Å². The van der Waals surface area contributed by atoms with Crippen LogP contribution in [0.2, 0.25) is 0 Å². The van der Waals surface area contributed by atoms with Gasteiger partial charge < -0.3 is 20.5 Å². The minimum absolute atomic E-state index is 0.104. The van der Waals surface area contributed by atoms with Gasteiger partial charge in [-0.05, 0) is 19.1 Å². The fraction of sp³-hybridized carbons (Fsp3) is 0.385.